The number of thioether (sulfide) groups is 1. The minimum Gasteiger partial charge on any atom is -0.461 e. The fourth-order valence-corrected chi connectivity index (χ4v) is 4.49. The van der Waals surface area contributed by atoms with Crippen molar-refractivity contribution in [2.75, 3.05) is 12.4 Å². The zero-order valence-electron chi connectivity index (χ0n) is 16.0. The summed E-state index contributed by atoms with van der Waals surface area (Å²) in [6.07, 6.45) is 1.83. The first-order valence-electron chi connectivity index (χ1n) is 9.44. The van der Waals surface area contributed by atoms with Crippen LogP contribution in [0.25, 0.3) is 5.69 Å². The van der Waals surface area contributed by atoms with E-state index >= 15 is 0 Å². The Morgan fingerprint density at radius 2 is 1.83 bits per heavy atom. The van der Waals surface area contributed by atoms with E-state index in [1.165, 1.54) is 11.8 Å². The van der Waals surface area contributed by atoms with Gasteiger partial charge in [0.1, 0.15) is 5.37 Å². The SMILES string of the molecule is CCOC(=O)c1nn(-c2ccccc2)cc1[C@H]1SCC(=O)N1Cc1ccccc1. The fourth-order valence-electron chi connectivity index (χ4n) is 3.30. The van der Waals surface area contributed by atoms with Crippen LogP contribution in [-0.4, -0.2) is 38.9 Å². The number of para-hydroxylation sites is 1. The molecule has 0 radical (unpaired) electrons. The average Bonchev–Trinajstić information content (AvgIpc) is 3.34. The maximum atomic E-state index is 12.6. The Balaban J connectivity index is 1.72. The van der Waals surface area contributed by atoms with Crippen LogP contribution in [-0.2, 0) is 16.1 Å². The smallest absolute Gasteiger partial charge is 0.359 e. The molecule has 1 saturated heterocycles. The van der Waals surface area contributed by atoms with Gasteiger partial charge in [0.2, 0.25) is 5.91 Å². The largest absolute Gasteiger partial charge is 0.461 e. The van der Waals surface area contributed by atoms with Gasteiger partial charge in [0.15, 0.2) is 5.69 Å². The van der Waals surface area contributed by atoms with E-state index in [4.69, 9.17) is 4.74 Å². The molecule has 7 heteroatoms. The van der Waals surface area contributed by atoms with E-state index in [2.05, 4.69) is 5.10 Å². The lowest BCUT2D eigenvalue weighted by Gasteiger charge is -2.23. The van der Waals surface area contributed by atoms with Crippen molar-refractivity contribution in [3.63, 3.8) is 0 Å². The van der Waals surface area contributed by atoms with E-state index in [0.29, 0.717) is 17.9 Å². The van der Waals surface area contributed by atoms with Crippen molar-refractivity contribution >= 4 is 23.6 Å². The number of hydrogen-bond donors (Lipinski definition) is 0. The summed E-state index contributed by atoms with van der Waals surface area (Å²) >= 11 is 1.50. The molecule has 1 fully saturated rings. The highest BCUT2D eigenvalue weighted by molar-refractivity contribution is 8.00. The highest BCUT2D eigenvalue weighted by atomic mass is 32.2. The van der Waals surface area contributed by atoms with Crippen molar-refractivity contribution in [1.29, 1.82) is 0 Å². The number of benzene rings is 2. The van der Waals surface area contributed by atoms with Gasteiger partial charge in [-0.2, -0.15) is 5.10 Å². The monoisotopic (exact) mass is 407 g/mol. The molecule has 1 aromatic heterocycles. The molecule has 0 N–H and O–H groups in total. The molecule has 6 nitrogen and oxygen atoms in total. The number of nitrogens with zero attached hydrogens (tertiary/aromatic N) is 3. The zero-order valence-corrected chi connectivity index (χ0v) is 16.8. The Labute approximate surface area is 173 Å². The van der Waals surface area contributed by atoms with Crippen LogP contribution >= 0.6 is 11.8 Å². The fraction of sp³-hybridized carbons (Fsp3) is 0.227. The molecular weight excluding hydrogens is 386 g/mol. The van der Waals surface area contributed by atoms with Gasteiger partial charge in [0.05, 0.1) is 18.0 Å². The molecule has 1 aliphatic rings. The van der Waals surface area contributed by atoms with Crippen LogP contribution in [0.4, 0.5) is 0 Å². The van der Waals surface area contributed by atoms with Crippen LogP contribution in [0.1, 0.15) is 33.9 Å². The number of carbonyl (C=O) groups excluding carboxylic acids is 2. The second kappa shape index (κ2) is 8.53. The van der Waals surface area contributed by atoms with Gasteiger partial charge >= 0.3 is 5.97 Å². The normalized spacial score (nSPS) is 16.2. The number of esters is 1. The Morgan fingerprint density at radius 3 is 2.52 bits per heavy atom. The molecule has 1 aliphatic heterocycles. The summed E-state index contributed by atoms with van der Waals surface area (Å²) in [5, 5.41) is 4.21. The summed E-state index contributed by atoms with van der Waals surface area (Å²) in [6, 6.07) is 19.4. The van der Waals surface area contributed by atoms with E-state index in [9.17, 15) is 9.59 Å². The quantitative estimate of drug-likeness (QED) is 0.581. The van der Waals surface area contributed by atoms with Gasteiger partial charge in [-0.3, -0.25) is 4.79 Å². The topological polar surface area (TPSA) is 64.4 Å². The Bertz CT molecular complexity index is 1000. The van der Waals surface area contributed by atoms with E-state index in [0.717, 1.165) is 11.3 Å². The van der Waals surface area contributed by atoms with Crippen molar-refractivity contribution < 1.29 is 14.3 Å². The molecule has 0 bridgehead atoms. The summed E-state index contributed by atoms with van der Waals surface area (Å²) < 4.78 is 6.90. The van der Waals surface area contributed by atoms with Gasteiger partial charge in [-0.25, -0.2) is 9.48 Å². The first-order valence-corrected chi connectivity index (χ1v) is 10.5. The Kier molecular flexibility index (Phi) is 5.67. The molecule has 1 atom stereocenters. The number of aromatic nitrogens is 2. The Hall–Kier alpha value is -3.06. The molecule has 0 aliphatic carbocycles. The van der Waals surface area contributed by atoms with Crippen LogP contribution in [0, 0.1) is 0 Å². The van der Waals surface area contributed by atoms with Gasteiger partial charge in [0, 0.05) is 18.3 Å². The van der Waals surface area contributed by atoms with Crippen LogP contribution in [0.3, 0.4) is 0 Å². The van der Waals surface area contributed by atoms with Crippen molar-refractivity contribution in [2.45, 2.75) is 18.8 Å². The molecule has 0 saturated carbocycles. The lowest BCUT2D eigenvalue weighted by atomic mass is 10.1. The predicted molar refractivity (Wildman–Crippen MR) is 112 cm³/mol. The summed E-state index contributed by atoms with van der Waals surface area (Å²) in [5.74, 6) is -0.0565. The summed E-state index contributed by atoms with van der Waals surface area (Å²) in [5.41, 5.74) is 2.83. The van der Waals surface area contributed by atoms with Gasteiger partial charge < -0.3 is 9.64 Å². The van der Waals surface area contributed by atoms with Crippen molar-refractivity contribution in [3.05, 3.63) is 83.7 Å². The van der Waals surface area contributed by atoms with Crippen molar-refractivity contribution in [3.8, 4) is 5.69 Å². The van der Waals surface area contributed by atoms with Crippen molar-refractivity contribution in [1.82, 2.24) is 14.7 Å². The van der Waals surface area contributed by atoms with E-state index in [1.807, 2.05) is 66.9 Å². The summed E-state index contributed by atoms with van der Waals surface area (Å²) in [4.78, 5) is 27.0. The molecule has 0 spiro atoms. The average molecular weight is 407 g/mol. The van der Waals surface area contributed by atoms with Gasteiger partial charge in [-0.1, -0.05) is 48.5 Å². The number of ether oxygens (including phenoxy) is 1. The molecule has 2 aromatic carbocycles. The van der Waals surface area contributed by atoms with Crippen LogP contribution in [0.15, 0.2) is 66.9 Å². The molecule has 2 heterocycles. The van der Waals surface area contributed by atoms with Crippen molar-refractivity contribution in [2.24, 2.45) is 0 Å². The molecule has 148 valence electrons. The van der Waals surface area contributed by atoms with Gasteiger partial charge in [-0.15, -0.1) is 11.8 Å². The molecule has 0 unspecified atom stereocenters. The second-order valence-corrected chi connectivity index (χ2v) is 7.67. The zero-order chi connectivity index (χ0) is 20.2. The van der Waals surface area contributed by atoms with Crippen LogP contribution < -0.4 is 0 Å². The standard InChI is InChI=1S/C22H21N3O3S/c1-2-28-22(27)20-18(14-25(23-20)17-11-7-4-8-12-17)21-24(19(26)15-29-21)13-16-9-5-3-6-10-16/h3-12,14,21H,2,13,15H2,1H3/t21-/m1/s1. The third kappa shape index (κ3) is 4.05. The summed E-state index contributed by atoms with van der Waals surface area (Å²) in [6.45, 7) is 2.51. The molecule has 1 amide bonds. The second-order valence-electron chi connectivity index (χ2n) is 6.60. The number of rotatable bonds is 6. The van der Waals surface area contributed by atoms with Crippen LogP contribution in [0.5, 0.6) is 0 Å². The van der Waals surface area contributed by atoms with Gasteiger partial charge in [-0.05, 0) is 24.6 Å². The third-order valence-electron chi connectivity index (χ3n) is 4.66. The predicted octanol–water partition coefficient (Wildman–Crippen LogP) is 3.82. The van der Waals surface area contributed by atoms with E-state index in [-0.39, 0.29) is 23.6 Å². The van der Waals surface area contributed by atoms with E-state index < -0.39 is 5.97 Å². The third-order valence-corrected chi connectivity index (χ3v) is 5.90. The molecule has 3 aromatic rings. The summed E-state index contributed by atoms with van der Waals surface area (Å²) in [7, 11) is 0. The molecular formula is C22H21N3O3S. The highest BCUT2D eigenvalue weighted by Gasteiger charge is 2.37. The minimum absolute atomic E-state index is 0.0473. The van der Waals surface area contributed by atoms with Gasteiger partial charge in [0.25, 0.3) is 0 Å². The first kappa shape index (κ1) is 19.3. The highest BCUT2D eigenvalue weighted by Crippen LogP contribution is 2.41. The number of hydrogen-bond acceptors (Lipinski definition) is 5. The van der Waals surface area contributed by atoms with E-state index in [1.54, 1.807) is 16.5 Å². The van der Waals surface area contributed by atoms with Crippen LogP contribution in [0.2, 0.25) is 0 Å². The molecule has 29 heavy (non-hydrogen) atoms. The number of amides is 1. The Morgan fingerprint density at radius 1 is 1.14 bits per heavy atom. The maximum absolute atomic E-state index is 12.6. The first-order chi connectivity index (χ1) is 14.2. The minimum atomic E-state index is -0.475. The lowest BCUT2D eigenvalue weighted by Crippen LogP contribution is -2.28. The maximum Gasteiger partial charge on any atom is 0.359 e. The number of carbonyl (C=O) groups is 2. The molecule has 4 rings (SSSR count). The lowest BCUT2D eigenvalue weighted by molar-refractivity contribution is -0.128.